The van der Waals surface area contributed by atoms with Crippen LogP contribution in [0.1, 0.15) is 30.9 Å². The first-order valence-electron chi connectivity index (χ1n) is 6.56. The second kappa shape index (κ2) is 5.77. The number of nitrogens with zero attached hydrogens (tertiary/aromatic N) is 1. The highest BCUT2D eigenvalue weighted by Crippen LogP contribution is 2.23. The minimum Gasteiger partial charge on any atom is -0.495 e. The Morgan fingerprint density at radius 1 is 1.29 bits per heavy atom. The van der Waals surface area contributed by atoms with E-state index in [1.165, 1.54) is 7.11 Å². The molecule has 1 N–H and O–H groups in total. The Kier molecular flexibility index (Phi) is 4.23. The van der Waals surface area contributed by atoms with Gasteiger partial charge < -0.3 is 4.74 Å². The number of benzene rings is 1. The number of nitrogens with one attached hydrogen (secondary N) is 1. The molecule has 2 aromatic rings. The van der Waals surface area contributed by atoms with Crippen molar-refractivity contribution in [3.05, 3.63) is 55.3 Å². The number of aromatic amines is 1. The number of rotatable bonds is 3. The molecule has 0 spiro atoms. The number of halogens is 1. The molecule has 1 aromatic heterocycles. The van der Waals surface area contributed by atoms with E-state index >= 15 is 0 Å². The predicted octanol–water partition coefficient (Wildman–Crippen LogP) is 2.62. The van der Waals surface area contributed by atoms with Crippen LogP contribution in [0.5, 0.6) is 5.75 Å². The quantitative estimate of drug-likeness (QED) is 0.887. The topological polar surface area (TPSA) is 64.1 Å². The summed E-state index contributed by atoms with van der Waals surface area (Å²) >= 11 is 5.99. The zero-order valence-corrected chi connectivity index (χ0v) is 13.1. The molecule has 21 heavy (non-hydrogen) atoms. The zero-order chi connectivity index (χ0) is 15.7. The second-order valence-electron chi connectivity index (χ2n) is 5.13. The van der Waals surface area contributed by atoms with Crippen LogP contribution in [-0.2, 0) is 0 Å². The van der Waals surface area contributed by atoms with Crippen molar-refractivity contribution < 1.29 is 4.74 Å². The lowest BCUT2D eigenvalue weighted by molar-refractivity contribution is 0.412. The molecule has 0 fully saturated rings. The van der Waals surface area contributed by atoms with Crippen molar-refractivity contribution in [1.82, 2.24) is 9.55 Å². The lowest BCUT2D eigenvalue weighted by Crippen LogP contribution is -2.36. The fourth-order valence-corrected chi connectivity index (χ4v) is 2.60. The fraction of sp³-hybridized carbons (Fsp3) is 0.333. The maximum Gasteiger partial charge on any atom is 0.334 e. The van der Waals surface area contributed by atoms with Crippen LogP contribution in [0.4, 0.5) is 0 Å². The average Bonchev–Trinajstić information content (AvgIpc) is 2.37. The molecule has 0 saturated heterocycles. The van der Waals surface area contributed by atoms with Crippen LogP contribution in [0, 0.1) is 6.92 Å². The smallest absolute Gasteiger partial charge is 0.334 e. The molecule has 0 bridgehead atoms. The average molecular weight is 309 g/mol. The van der Waals surface area contributed by atoms with E-state index in [0.717, 1.165) is 10.1 Å². The Balaban J connectivity index is 2.88. The number of methoxy groups -OCH3 is 1. The summed E-state index contributed by atoms with van der Waals surface area (Å²) in [5, 5.41) is 0.0860. The molecule has 0 aliphatic carbocycles. The van der Waals surface area contributed by atoms with Crippen LogP contribution in [0.25, 0.3) is 5.69 Å². The summed E-state index contributed by atoms with van der Waals surface area (Å²) < 4.78 is 6.31. The first kappa shape index (κ1) is 15.4. The standard InChI is InChI=1S/C15H17ClN2O3/c1-8(2)12-13(16)17-15(20)18(14(12)19)10-7-9(3)5-6-11(10)21-4/h5-8H,1-4H3,(H,17,20). The molecule has 0 unspecified atom stereocenters. The summed E-state index contributed by atoms with van der Waals surface area (Å²) in [6.07, 6.45) is 0. The third-order valence-electron chi connectivity index (χ3n) is 3.24. The maximum atomic E-state index is 12.6. The Bertz CT molecular complexity index is 790. The Morgan fingerprint density at radius 3 is 2.52 bits per heavy atom. The van der Waals surface area contributed by atoms with Gasteiger partial charge in [0.25, 0.3) is 5.56 Å². The highest BCUT2D eigenvalue weighted by molar-refractivity contribution is 6.30. The van der Waals surface area contributed by atoms with Crippen LogP contribution in [-0.4, -0.2) is 16.7 Å². The molecule has 0 radical (unpaired) electrons. The van der Waals surface area contributed by atoms with Crippen molar-refractivity contribution in [3.63, 3.8) is 0 Å². The van der Waals surface area contributed by atoms with Crippen LogP contribution in [0.3, 0.4) is 0 Å². The summed E-state index contributed by atoms with van der Waals surface area (Å²) in [4.78, 5) is 27.3. The van der Waals surface area contributed by atoms with E-state index in [1.807, 2.05) is 26.8 Å². The lowest BCUT2D eigenvalue weighted by Gasteiger charge is -2.14. The van der Waals surface area contributed by atoms with E-state index in [-0.39, 0.29) is 11.1 Å². The number of hydrogen-bond donors (Lipinski definition) is 1. The SMILES string of the molecule is COc1ccc(C)cc1-n1c(=O)[nH]c(Cl)c(C(C)C)c1=O. The van der Waals surface area contributed by atoms with Crippen molar-refractivity contribution in [3.8, 4) is 11.4 Å². The molecule has 2 rings (SSSR count). The van der Waals surface area contributed by atoms with Gasteiger partial charge in [-0.2, -0.15) is 0 Å². The molecule has 0 saturated carbocycles. The molecule has 5 nitrogen and oxygen atoms in total. The van der Waals surface area contributed by atoms with Gasteiger partial charge in [-0.1, -0.05) is 31.5 Å². The van der Waals surface area contributed by atoms with Crippen molar-refractivity contribution in [2.45, 2.75) is 26.7 Å². The third kappa shape index (κ3) is 2.74. The number of ether oxygens (including phenoxy) is 1. The van der Waals surface area contributed by atoms with Gasteiger partial charge in [-0.15, -0.1) is 0 Å². The molecule has 0 aliphatic rings. The van der Waals surface area contributed by atoms with Gasteiger partial charge in [-0.05, 0) is 30.5 Å². The van der Waals surface area contributed by atoms with Crippen LogP contribution in [0.2, 0.25) is 5.15 Å². The fourth-order valence-electron chi connectivity index (χ4n) is 2.22. The maximum absolute atomic E-state index is 12.6. The van der Waals surface area contributed by atoms with E-state index in [2.05, 4.69) is 4.98 Å². The highest BCUT2D eigenvalue weighted by atomic mass is 35.5. The van der Waals surface area contributed by atoms with Gasteiger partial charge in [-0.25, -0.2) is 9.36 Å². The Labute approximate surface area is 127 Å². The molecular weight excluding hydrogens is 292 g/mol. The van der Waals surface area contributed by atoms with Gasteiger partial charge in [-0.3, -0.25) is 9.78 Å². The Morgan fingerprint density at radius 2 is 1.95 bits per heavy atom. The molecule has 0 atom stereocenters. The number of hydrogen-bond acceptors (Lipinski definition) is 3. The van der Waals surface area contributed by atoms with E-state index in [9.17, 15) is 9.59 Å². The largest absolute Gasteiger partial charge is 0.495 e. The number of aryl methyl sites for hydroxylation is 1. The molecule has 1 aromatic carbocycles. The van der Waals surface area contributed by atoms with Gasteiger partial charge in [0.2, 0.25) is 0 Å². The summed E-state index contributed by atoms with van der Waals surface area (Å²) in [5.41, 5.74) is 0.682. The minimum absolute atomic E-state index is 0.0860. The summed E-state index contributed by atoms with van der Waals surface area (Å²) in [6.45, 7) is 5.57. The zero-order valence-electron chi connectivity index (χ0n) is 12.4. The normalized spacial score (nSPS) is 11.0. The Hall–Kier alpha value is -2.01. The molecule has 0 amide bonds. The van der Waals surface area contributed by atoms with E-state index < -0.39 is 11.2 Å². The highest BCUT2D eigenvalue weighted by Gasteiger charge is 2.18. The van der Waals surface area contributed by atoms with Gasteiger partial charge in [0.1, 0.15) is 10.9 Å². The van der Waals surface area contributed by atoms with Crippen molar-refractivity contribution in [1.29, 1.82) is 0 Å². The van der Waals surface area contributed by atoms with Crippen molar-refractivity contribution in [2.75, 3.05) is 7.11 Å². The van der Waals surface area contributed by atoms with Gasteiger partial charge in [0.15, 0.2) is 0 Å². The number of aromatic nitrogens is 2. The first-order valence-corrected chi connectivity index (χ1v) is 6.94. The van der Waals surface area contributed by atoms with Crippen LogP contribution in [0.15, 0.2) is 27.8 Å². The predicted molar refractivity (Wildman–Crippen MR) is 83.0 cm³/mol. The van der Waals surface area contributed by atoms with E-state index in [0.29, 0.717) is 17.0 Å². The third-order valence-corrected chi connectivity index (χ3v) is 3.54. The van der Waals surface area contributed by atoms with Crippen molar-refractivity contribution >= 4 is 11.6 Å². The second-order valence-corrected chi connectivity index (χ2v) is 5.51. The van der Waals surface area contributed by atoms with Crippen molar-refractivity contribution in [2.24, 2.45) is 0 Å². The minimum atomic E-state index is -0.585. The van der Waals surface area contributed by atoms with Gasteiger partial charge >= 0.3 is 5.69 Å². The molecule has 112 valence electrons. The van der Waals surface area contributed by atoms with Crippen LogP contribution < -0.4 is 16.0 Å². The summed E-state index contributed by atoms with van der Waals surface area (Å²) in [6, 6.07) is 5.30. The van der Waals surface area contributed by atoms with E-state index in [1.54, 1.807) is 12.1 Å². The molecular formula is C15H17ClN2O3. The van der Waals surface area contributed by atoms with Crippen LogP contribution >= 0.6 is 11.6 Å². The van der Waals surface area contributed by atoms with Gasteiger partial charge in [0.05, 0.1) is 18.4 Å². The number of H-pyrrole nitrogens is 1. The van der Waals surface area contributed by atoms with E-state index in [4.69, 9.17) is 16.3 Å². The van der Waals surface area contributed by atoms with Gasteiger partial charge in [0, 0.05) is 0 Å². The monoisotopic (exact) mass is 308 g/mol. The molecule has 1 heterocycles. The molecule has 0 aliphatic heterocycles. The first-order chi connectivity index (χ1) is 9.86. The molecule has 6 heteroatoms. The lowest BCUT2D eigenvalue weighted by atomic mass is 10.1. The summed E-state index contributed by atoms with van der Waals surface area (Å²) in [7, 11) is 1.49. The summed E-state index contributed by atoms with van der Waals surface area (Å²) in [5.74, 6) is 0.342.